The first-order valence-electron chi connectivity index (χ1n) is 12.3. The molecule has 2 aliphatic heterocycles. The number of nitrogens with one attached hydrogen (secondary N) is 1. The van der Waals surface area contributed by atoms with Crippen molar-refractivity contribution in [3.05, 3.63) is 88.1 Å². The normalized spacial score (nSPS) is 19.3. The first-order chi connectivity index (χ1) is 18.4. The molecule has 2 N–H and O–H groups in total. The third kappa shape index (κ3) is 5.46. The molecule has 3 amide bonds. The van der Waals surface area contributed by atoms with Gasteiger partial charge in [-0.15, -0.1) is 0 Å². The summed E-state index contributed by atoms with van der Waals surface area (Å²) in [6, 6.07) is 15.5. The molecule has 2 aromatic carbocycles. The molecule has 10 heteroatoms. The summed E-state index contributed by atoms with van der Waals surface area (Å²) in [6.45, 7) is 0.251. The monoisotopic (exact) mass is 549 g/mol. The number of thioether (sulfide) groups is 1. The number of benzene rings is 2. The molecule has 0 saturated carbocycles. The van der Waals surface area contributed by atoms with Crippen LogP contribution >= 0.6 is 23.1 Å². The van der Waals surface area contributed by atoms with Gasteiger partial charge in [-0.3, -0.25) is 19.2 Å². The number of amides is 3. The van der Waals surface area contributed by atoms with Gasteiger partial charge in [0, 0.05) is 29.0 Å². The number of ketones is 1. The number of Topliss-reactive ketones (excluding diaryl/α,β-unsaturated/α-hetero) is 1. The van der Waals surface area contributed by atoms with Gasteiger partial charge < -0.3 is 20.2 Å². The van der Waals surface area contributed by atoms with Gasteiger partial charge in [0.2, 0.25) is 5.91 Å². The topological polar surface area (TPSA) is 107 Å². The Morgan fingerprint density at radius 1 is 1.03 bits per heavy atom. The second kappa shape index (κ2) is 11.4. The van der Waals surface area contributed by atoms with Gasteiger partial charge in [-0.2, -0.15) is 23.1 Å². The number of carbonyl (C=O) groups is 4. The number of carbonyl (C=O) groups excluding carboxylic acids is 4. The van der Waals surface area contributed by atoms with E-state index < -0.39 is 18.1 Å². The fraction of sp³-hybridized carbons (Fsp3) is 0.286. The molecule has 0 spiro atoms. The Balaban J connectivity index is 1.31. The van der Waals surface area contributed by atoms with Gasteiger partial charge in [0.15, 0.2) is 5.78 Å². The molecule has 2 saturated heterocycles. The summed E-state index contributed by atoms with van der Waals surface area (Å²) in [5.41, 5.74) is 1.98. The molecule has 0 aliphatic carbocycles. The minimum Gasteiger partial charge on any atom is -0.508 e. The van der Waals surface area contributed by atoms with E-state index in [0.717, 1.165) is 5.56 Å². The van der Waals surface area contributed by atoms with Crippen molar-refractivity contribution in [1.29, 1.82) is 0 Å². The molecule has 0 radical (unpaired) electrons. The number of likely N-dealkylation sites (tertiary alicyclic amines) is 2. The van der Waals surface area contributed by atoms with Crippen LogP contribution in [0.15, 0.2) is 71.4 Å². The van der Waals surface area contributed by atoms with E-state index in [-0.39, 0.29) is 35.8 Å². The van der Waals surface area contributed by atoms with Crippen LogP contribution in [0.25, 0.3) is 0 Å². The van der Waals surface area contributed by atoms with Gasteiger partial charge in [0.1, 0.15) is 17.8 Å². The summed E-state index contributed by atoms with van der Waals surface area (Å²) in [7, 11) is 0. The SMILES string of the molecule is O=C(N[C@@H](CSCc1ccccc1)C(=O)N1CC[C@@H]2[C@H]1C(=O)CN2C(=O)c1ccc(O)cc1)c1ccsc1. The summed E-state index contributed by atoms with van der Waals surface area (Å²) < 4.78 is 0. The van der Waals surface area contributed by atoms with Gasteiger partial charge in [-0.1, -0.05) is 30.3 Å². The molecule has 3 aromatic rings. The number of phenolic OH excluding ortho intramolecular Hbond substituents is 1. The lowest BCUT2D eigenvalue weighted by Crippen LogP contribution is -2.53. The third-order valence-corrected chi connectivity index (χ3v) is 8.65. The Morgan fingerprint density at radius 2 is 1.79 bits per heavy atom. The van der Waals surface area contributed by atoms with Crippen LogP contribution in [0.3, 0.4) is 0 Å². The molecule has 196 valence electrons. The van der Waals surface area contributed by atoms with Gasteiger partial charge in [-0.05, 0) is 47.7 Å². The number of nitrogens with zero attached hydrogens (tertiary/aromatic N) is 2. The van der Waals surface area contributed by atoms with Crippen LogP contribution in [0.4, 0.5) is 0 Å². The first kappa shape index (κ1) is 26.0. The van der Waals surface area contributed by atoms with Crippen LogP contribution in [0.5, 0.6) is 5.75 Å². The average molecular weight is 550 g/mol. The summed E-state index contributed by atoms with van der Waals surface area (Å²) in [4.78, 5) is 55.9. The molecular weight excluding hydrogens is 522 g/mol. The second-order valence-corrected chi connectivity index (χ2v) is 11.1. The fourth-order valence-corrected chi connectivity index (χ4v) is 6.63. The molecule has 3 atom stereocenters. The number of thiophene rings is 1. The predicted octanol–water partition coefficient (Wildman–Crippen LogP) is 3.18. The van der Waals surface area contributed by atoms with E-state index in [1.807, 2.05) is 30.3 Å². The van der Waals surface area contributed by atoms with E-state index in [9.17, 15) is 24.3 Å². The number of hydrogen-bond donors (Lipinski definition) is 2. The third-order valence-electron chi connectivity index (χ3n) is 6.86. The highest BCUT2D eigenvalue weighted by atomic mass is 32.2. The maximum absolute atomic E-state index is 13.8. The quantitative estimate of drug-likeness (QED) is 0.447. The number of phenols is 1. The summed E-state index contributed by atoms with van der Waals surface area (Å²) in [5, 5.41) is 16.0. The van der Waals surface area contributed by atoms with Crippen LogP contribution in [0.1, 0.15) is 32.7 Å². The largest absolute Gasteiger partial charge is 0.508 e. The molecule has 38 heavy (non-hydrogen) atoms. The van der Waals surface area contributed by atoms with Gasteiger partial charge >= 0.3 is 0 Å². The Labute approximate surface area is 228 Å². The minimum absolute atomic E-state index is 0.0511. The average Bonchev–Trinajstić information content (AvgIpc) is 3.68. The minimum atomic E-state index is -0.815. The number of fused-ring (bicyclic) bond motifs is 1. The van der Waals surface area contributed by atoms with Gasteiger partial charge in [0.05, 0.1) is 18.2 Å². The van der Waals surface area contributed by atoms with Crippen LogP contribution in [-0.2, 0) is 15.3 Å². The van der Waals surface area contributed by atoms with Gasteiger partial charge in [0.25, 0.3) is 11.8 Å². The molecule has 2 aliphatic rings. The first-order valence-corrected chi connectivity index (χ1v) is 14.4. The van der Waals surface area contributed by atoms with Crippen molar-refractivity contribution in [2.24, 2.45) is 0 Å². The van der Waals surface area contributed by atoms with Crippen molar-refractivity contribution in [2.75, 3.05) is 18.8 Å². The standard InChI is InChI=1S/C28H27N3O5S2/c32-21-8-6-19(7-9-21)27(35)31-14-24(33)25-23(31)10-12-30(25)28(36)22(29-26(34)20-11-13-37-16-20)17-38-15-18-4-2-1-3-5-18/h1-9,11,13,16,22-23,25,32H,10,12,14-15,17H2,(H,29,34)/t22-,23+,25-/m0/s1. The Bertz CT molecular complexity index is 1310. The zero-order chi connectivity index (χ0) is 26.6. The molecule has 3 heterocycles. The van der Waals surface area contributed by atoms with Crippen molar-refractivity contribution >= 4 is 46.6 Å². The Hall–Kier alpha value is -3.63. The van der Waals surface area contributed by atoms with Crippen LogP contribution in [-0.4, -0.2) is 75.4 Å². The fourth-order valence-electron chi connectivity index (χ4n) is 4.99. The van der Waals surface area contributed by atoms with E-state index in [0.29, 0.717) is 35.6 Å². The number of hydrogen-bond acceptors (Lipinski definition) is 7. The second-order valence-electron chi connectivity index (χ2n) is 9.32. The highest BCUT2D eigenvalue weighted by molar-refractivity contribution is 7.98. The molecule has 0 unspecified atom stereocenters. The molecule has 1 aromatic heterocycles. The van der Waals surface area contributed by atoms with E-state index >= 15 is 0 Å². The van der Waals surface area contributed by atoms with Crippen molar-refractivity contribution in [3.8, 4) is 5.75 Å². The van der Waals surface area contributed by atoms with Crippen molar-refractivity contribution in [3.63, 3.8) is 0 Å². The van der Waals surface area contributed by atoms with Crippen molar-refractivity contribution in [1.82, 2.24) is 15.1 Å². The van der Waals surface area contributed by atoms with Crippen LogP contribution in [0, 0.1) is 0 Å². The number of aromatic hydroxyl groups is 1. The highest BCUT2D eigenvalue weighted by Gasteiger charge is 2.52. The zero-order valence-corrected chi connectivity index (χ0v) is 22.1. The molecular formula is C28H27N3O5S2. The van der Waals surface area contributed by atoms with E-state index in [1.165, 1.54) is 40.5 Å². The zero-order valence-electron chi connectivity index (χ0n) is 20.5. The van der Waals surface area contributed by atoms with E-state index in [2.05, 4.69) is 5.32 Å². The number of rotatable bonds is 8. The van der Waals surface area contributed by atoms with Crippen molar-refractivity contribution < 1.29 is 24.3 Å². The Kier molecular flexibility index (Phi) is 7.80. The predicted molar refractivity (Wildman–Crippen MR) is 146 cm³/mol. The molecule has 5 rings (SSSR count). The smallest absolute Gasteiger partial charge is 0.254 e. The molecule has 2 fully saturated rings. The highest BCUT2D eigenvalue weighted by Crippen LogP contribution is 2.32. The molecule has 0 bridgehead atoms. The summed E-state index contributed by atoms with van der Waals surface area (Å²) >= 11 is 2.94. The summed E-state index contributed by atoms with van der Waals surface area (Å²) in [6.07, 6.45) is 0.480. The summed E-state index contributed by atoms with van der Waals surface area (Å²) in [5.74, 6) is -0.0545. The lowest BCUT2D eigenvalue weighted by Gasteiger charge is -2.28. The van der Waals surface area contributed by atoms with E-state index in [4.69, 9.17) is 0 Å². The van der Waals surface area contributed by atoms with E-state index in [1.54, 1.807) is 33.5 Å². The van der Waals surface area contributed by atoms with Crippen LogP contribution < -0.4 is 5.32 Å². The van der Waals surface area contributed by atoms with Crippen molar-refractivity contribution in [2.45, 2.75) is 30.3 Å². The van der Waals surface area contributed by atoms with Crippen LogP contribution in [0.2, 0.25) is 0 Å². The molecule has 8 nitrogen and oxygen atoms in total. The lowest BCUT2D eigenvalue weighted by molar-refractivity contribution is -0.137. The maximum Gasteiger partial charge on any atom is 0.254 e. The Morgan fingerprint density at radius 3 is 2.50 bits per heavy atom. The maximum atomic E-state index is 13.8. The lowest BCUT2D eigenvalue weighted by atomic mass is 10.1. The van der Waals surface area contributed by atoms with Gasteiger partial charge in [-0.25, -0.2) is 0 Å².